The minimum absolute atomic E-state index is 0.102. The third-order valence-corrected chi connectivity index (χ3v) is 2.93. The molecule has 1 aromatic rings. The zero-order chi connectivity index (χ0) is 15.9. The maximum Gasteiger partial charge on any atom is 0.123 e. The van der Waals surface area contributed by atoms with E-state index in [0.717, 1.165) is 30.0 Å². The zero-order valence-corrected chi connectivity index (χ0v) is 13.9. The van der Waals surface area contributed by atoms with Crippen LogP contribution in [0.1, 0.15) is 38.3 Å². The normalized spacial score (nSPS) is 11.2. The monoisotopic (exact) mass is 289 g/mol. The molecule has 1 rings (SSSR count). The number of nitrogens with zero attached hydrogens (tertiary/aromatic N) is 1. The summed E-state index contributed by atoms with van der Waals surface area (Å²) in [6.07, 6.45) is 0.505. The topological polar surface area (TPSA) is 32.7 Å². The fourth-order valence-electron chi connectivity index (χ4n) is 2.36. The fraction of sp³-hybridized carbons (Fsp3) is 0.556. The molecule has 0 saturated heterocycles. The summed E-state index contributed by atoms with van der Waals surface area (Å²) >= 11 is 0. The number of methoxy groups -OCH3 is 1. The van der Waals surface area contributed by atoms with Crippen molar-refractivity contribution in [2.75, 3.05) is 27.3 Å². The standard InChI is InChI=1S/C18H27NO2/c1-18(2,3)14-19(4)13-16-12-15(8-6-7-11-20)9-10-17(16)21-5/h9-10,12,20H,7,11,13-14H2,1-5H3. The largest absolute Gasteiger partial charge is 0.496 e. The van der Waals surface area contributed by atoms with Crippen molar-refractivity contribution >= 4 is 0 Å². The van der Waals surface area contributed by atoms with Gasteiger partial charge in [-0.1, -0.05) is 32.6 Å². The van der Waals surface area contributed by atoms with Crippen LogP contribution in [0.4, 0.5) is 0 Å². The molecule has 0 fully saturated rings. The number of ether oxygens (including phenoxy) is 1. The van der Waals surface area contributed by atoms with Crippen LogP contribution in [0.3, 0.4) is 0 Å². The predicted octanol–water partition coefficient (Wildman–Crippen LogP) is 2.91. The van der Waals surface area contributed by atoms with Gasteiger partial charge >= 0.3 is 0 Å². The SMILES string of the molecule is COc1ccc(C#CCCO)cc1CN(C)CC(C)(C)C. The van der Waals surface area contributed by atoms with Gasteiger partial charge in [0.25, 0.3) is 0 Å². The quantitative estimate of drug-likeness (QED) is 0.846. The molecule has 0 bridgehead atoms. The van der Waals surface area contributed by atoms with Crippen molar-refractivity contribution in [3.63, 3.8) is 0 Å². The molecule has 116 valence electrons. The average molecular weight is 289 g/mol. The number of aliphatic hydroxyl groups is 1. The minimum Gasteiger partial charge on any atom is -0.496 e. The number of aliphatic hydroxyl groups excluding tert-OH is 1. The van der Waals surface area contributed by atoms with Crippen molar-refractivity contribution in [1.82, 2.24) is 4.90 Å². The summed E-state index contributed by atoms with van der Waals surface area (Å²) in [5, 5.41) is 8.78. The van der Waals surface area contributed by atoms with Crippen molar-refractivity contribution in [3.05, 3.63) is 29.3 Å². The van der Waals surface area contributed by atoms with E-state index in [-0.39, 0.29) is 12.0 Å². The first-order chi connectivity index (χ1) is 9.85. The Hall–Kier alpha value is -1.50. The Morgan fingerprint density at radius 1 is 1.29 bits per heavy atom. The van der Waals surface area contributed by atoms with Crippen molar-refractivity contribution in [1.29, 1.82) is 0 Å². The molecule has 0 aliphatic rings. The van der Waals surface area contributed by atoms with Crippen LogP contribution in [0.15, 0.2) is 18.2 Å². The van der Waals surface area contributed by atoms with E-state index in [1.807, 2.05) is 12.1 Å². The molecule has 0 aliphatic carbocycles. The molecule has 0 saturated carbocycles. The number of hydrogen-bond donors (Lipinski definition) is 1. The van der Waals surface area contributed by atoms with E-state index < -0.39 is 0 Å². The summed E-state index contributed by atoms with van der Waals surface area (Å²) < 4.78 is 5.44. The van der Waals surface area contributed by atoms with Gasteiger partial charge in [0.2, 0.25) is 0 Å². The van der Waals surface area contributed by atoms with Gasteiger partial charge in [0.15, 0.2) is 0 Å². The van der Waals surface area contributed by atoms with Gasteiger partial charge in [-0.2, -0.15) is 0 Å². The Bertz CT molecular complexity index is 506. The Kier molecular flexibility index (Phi) is 6.74. The van der Waals surface area contributed by atoms with Crippen molar-refractivity contribution in [3.8, 4) is 17.6 Å². The highest BCUT2D eigenvalue weighted by Crippen LogP contribution is 2.23. The van der Waals surface area contributed by atoms with E-state index in [0.29, 0.717) is 6.42 Å². The van der Waals surface area contributed by atoms with Crippen LogP contribution < -0.4 is 4.74 Å². The molecule has 0 spiro atoms. The molecule has 0 aliphatic heterocycles. The molecule has 21 heavy (non-hydrogen) atoms. The molecular weight excluding hydrogens is 262 g/mol. The maximum atomic E-state index is 8.78. The highest BCUT2D eigenvalue weighted by Gasteiger charge is 2.15. The fourth-order valence-corrected chi connectivity index (χ4v) is 2.36. The van der Waals surface area contributed by atoms with E-state index in [2.05, 4.69) is 50.6 Å². The average Bonchev–Trinajstić information content (AvgIpc) is 2.37. The van der Waals surface area contributed by atoms with Crippen molar-refractivity contribution in [2.24, 2.45) is 5.41 Å². The lowest BCUT2D eigenvalue weighted by Gasteiger charge is -2.27. The lowest BCUT2D eigenvalue weighted by Crippen LogP contribution is -2.29. The first-order valence-corrected chi connectivity index (χ1v) is 7.31. The van der Waals surface area contributed by atoms with Gasteiger partial charge in [-0.05, 0) is 30.7 Å². The smallest absolute Gasteiger partial charge is 0.123 e. The number of rotatable bonds is 5. The van der Waals surface area contributed by atoms with Gasteiger partial charge in [0, 0.05) is 30.6 Å². The van der Waals surface area contributed by atoms with Crippen LogP contribution in [-0.4, -0.2) is 37.3 Å². The first-order valence-electron chi connectivity index (χ1n) is 7.31. The summed E-state index contributed by atoms with van der Waals surface area (Å²) in [6, 6.07) is 5.99. The second-order valence-electron chi connectivity index (χ2n) is 6.53. The van der Waals surface area contributed by atoms with Crippen molar-refractivity contribution in [2.45, 2.75) is 33.7 Å². The maximum absolute atomic E-state index is 8.78. The molecule has 1 N–H and O–H groups in total. The molecule has 0 radical (unpaired) electrons. The molecule has 0 heterocycles. The van der Waals surface area contributed by atoms with Gasteiger partial charge in [-0.15, -0.1) is 0 Å². The van der Waals surface area contributed by atoms with Crippen LogP contribution in [-0.2, 0) is 6.54 Å². The molecular formula is C18H27NO2. The summed E-state index contributed by atoms with van der Waals surface area (Å²) in [4.78, 5) is 2.29. The lowest BCUT2D eigenvalue weighted by atomic mass is 9.96. The molecule has 3 nitrogen and oxygen atoms in total. The van der Waals surface area contributed by atoms with Gasteiger partial charge in [0.05, 0.1) is 13.7 Å². The van der Waals surface area contributed by atoms with Crippen LogP contribution in [0.2, 0.25) is 0 Å². The van der Waals surface area contributed by atoms with Gasteiger partial charge in [-0.25, -0.2) is 0 Å². The minimum atomic E-state index is 0.102. The second kappa shape index (κ2) is 8.07. The van der Waals surface area contributed by atoms with Crippen LogP contribution in [0.5, 0.6) is 5.75 Å². The molecule has 0 aromatic heterocycles. The molecule has 0 amide bonds. The predicted molar refractivity (Wildman–Crippen MR) is 87.4 cm³/mol. The molecule has 1 aromatic carbocycles. The summed E-state index contributed by atoms with van der Waals surface area (Å²) in [5.41, 5.74) is 2.36. The van der Waals surface area contributed by atoms with E-state index in [1.165, 1.54) is 0 Å². The zero-order valence-electron chi connectivity index (χ0n) is 13.9. The highest BCUT2D eigenvalue weighted by atomic mass is 16.5. The first kappa shape index (κ1) is 17.6. The van der Waals surface area contributed by atoms with Crippen LogP contribution >= 0.6 is 0 Å². The third-order valence-electron chi connectivity index (χ3n) is 2.93. The van der Waals surface area contributed by atoms with E-state index in [4.69, 9.17) is 9.84 Å². The van der Waals surface area contributed by atoms with Crippen LogP contribution in [0.25, 0.3) is 0 Å². The lowest BCUT2D eigenvalue weighted by molar-refractivity contribution is 0.218. The summed E-state index contributed by atoms with van der Waals surface area (Å²) in [5.74, 6) is 6.92. The second-order valence-corrected chi connectivity index (χ2v) is 6.53. The highest BCUT2D eigenvalue weighted by molar-refractivity contribution is 5.44. The van der Waals surface area contributed by atoms with Crippen molar-refractivity contribution < 1.29 is 9.84 Å². The Balaban J connectivity index is 2.88. The summed E-state index contributed by atoms with van der Waals surface area (Å²) in [7, 11) is 3.81. The summed E-state index contributed by atoms with van der Waals surface area (Å²) in [6.45, 7) is 8.64. The molecule has 0 atom stereocenters. The Labute approximate surface area is 128 Å². The third kappa shape index (κ3) is 6.66. The number of benzene rings is 1. The van der Waals surface area contributed by atoms with Gasteiger partial charge < -0.3 is 14.7 Å². The number of hydrogen-bond acceptors (Lipinski definition) is 3. The molecule has 0 unspecified atom stereocenters. The Morgan fingerprint density at radius 2 is 2.00 bits per heavy atom. The van der Waals surface area contributed by atoms with Gasteiger partial charge in [0.1, 0.15) is 5.75 Å². The van der Waals surface area contributed by atoms with E-state index >= 15 is 0 Å². The molecule has 3 heteroatoms. The Morgan fingerprint density at radius 3 is 2.57 bits per heavy atom. The van der Waals surface area contributed by atoms with E-state index in [1.54, 1.807) is 7.11 Å². The van der Waals surface area contributed by atoms with E-state index in [9.17, 15) is 0 Å². The van der Waals surface area contributed by atoms with Crippen LogP contribution in [0, 0.1) is 17.3 Å². The van der Waals surface area contributed by atoms with Gasteiger partial charge in [-0.3, -0.25) is 0 Å².